The van der Waals surface area contributed by atoms with Crippen molar-refractivity contribution in [1.29, 1.82) is 0 Å². The molecule has 0 bridgehead atoms. The van der Waals surface area contributed by atoms with E-state index in [1.807, 2.05) is 11.3 Å². The number of benzene rings is 6. The minimum atomic E-state index is -0.0847. The molecule has 0 N–H and O–H groups in total. The van der Waals surface area contributed by atoms with E-state index in [0.29, 0.717) is 0 Å². The molecule has 1 heterocycles. The van der Waals surface area contributed by atoms with Crippen LogP contribution in [0.4, 0.5) is 17.1 Å². The molecule has 0 fully saturated rings. The lowest BCUT2D eigenvalue weighted by Gasteiger charge is -2.29. The number of thiophene rings is 1. The zero-order valence-corrected chi connectivity index (χ0v) is 27.4. The highest BCUT2D eigenvalue weighted by Crippen LogP contribution is 2.55. The summed E-state index contributed by atoms with van der Waals surface area (Å²) in [5.41, 5.74) is 13.0. The smallest absolute Gasteiger partial charge is 0.0640 e. The van der Waals surface area contributed by atoms with E-state index in [4.69, 9.17) is 0 Å². The van der Waals surface area contributed by atoms with Crippen LogP contribution in [0.5, 0.6) is 0 Å². The van der Waals surface area contributed by atoms with Crippen molar-refractivity contribution in [2.24, 2.45) is 0 Å². The van der Waals surface area contributed by atoms with Crippen LogP contribution in [0.2, 0.25) is 0 Å². The highest BCUT2D eigenvalue weighted by molar-refractivity contribution is 7.26. The van der Waals surface area contributed by atoms with Gasteiger partial charge in [0.25, 0.3) is 0 Å². The quantitative estimate of drug-likeness (QED) is 0.194. The van der Waals surface area contributed by atoms with Crippen LogP contribution in [0.25, 0.3) is 42.4 Å². The Morgan fingerprint density at radius 1 is 0.556 bits per heavy atom. The second kappa shape index (κ2) is 10.2. The summed E-state index contributed by atoms with van der Waals surface area (Å²) in [7, 11) is 0. The van der Waals surface area contributed by atoms with Crippen molar-refractivity contribution < 1.29 is 0 Å². The molecule has 0 saturated carbocycles. The van der Waals surface area contributed by atoms with Gasteiger partial charge in [0, 0.05) is 32.1 Å². The molecule has 7 aromatic rings. The predicted molar refractivity (Wildman–Crippen MR) is 196 cm³/mol. The highest BCUT2D eigenvalue weighted by Gasteiger charge is 2.38. The van der Waals surface area contributed by atoms with E-state index in [1.165, 1.54) is 70.5 Å². The average molecular weight is 600 g/mol. The van der Waals surface area contributed by atoms with Crippen molar-refractivity contribution in [3.63, 3.8) is 0 Å². The topological polar surface area (TPSA) is 3.24 Å². The maximum absolute atomic E-state index is 2.47. The SMILES string of the molecule is CC(C)(C)c1ccc2c(c1)C(C)(C)c1cccc(-c3ccccc3N(c3ccccc3)c3cccc4c3sc3ccccc34)c1-2. The van der Waals surface area contributed by atoms with E-state index in [0.717, 1.165) is 5.69 Å². The molecule has 45 heavy (non-hydrogen) atoms. The maximum atomic E-state index is 2.47. The number of hydrogen-bond acceptors (Lipinski definition) is 2. The summed E-state index contributed by atoms with van der Waals surface area (Å²) in [6, 6.07) is 49.4. The molecule has 220 valence electrons. The van der Waals surface area contributed by atoms with Crippen molar-refractivity contribution in [2.45, 2.75) is 45.4 Å². The molecule has 1 nitrogen and oxygen atoms in total. The van der Waals surface area contributed by atoms with Crippen molar-refractivity contribution in [2.75, 3.05) is 4.90 Å². The summed E-state index contributed by atoms with van der Waals surface area (Å²) in [5.74, 6) is 0. The Kier molecular flexibility index (Phi) is 6.31. The van der Waals surface area contributed by atoms with Crippen LogP contribution in [0.1, 0.15) is 51.3 Å². The van der Waals surface area contributed by atoms with E-state index < -0.39 is 0 Å². The summed E-state index contributed by atoms with van der Waals surface area (Å²) in [4.78, 5) is 2.47. The van der Waals surface area contributed by atoms with Gasteiger partial charge >= 0.3 is 0 Å². The Balaban J connectivity index is 1.39. The summed E-state index contributed by atoms with van der Waals surface area (Å²) < 4.78 is 2.62. The molecular formula is C43H37NS. The largest absolute Gasteiger partial charge is 0.308 e. The van der Waals surface area contributed by atoms with E-state index in [-0.39, 0.29) is 10.8 Å². The molecule has 8 rings (SSSR count). The Labute approximate surface area is 270 Å². The van der Waals surface area contributed by atoms with Gasteiger partial charge in [0.1, 0.15) is 0 Å². The fourth-order valence-corrected chi connectivity index (χ4v) is 8.47. The van der Waals surface area contributed by atoms with Crippen LogP contribution >= 0.6 is 11.3 Å². The molecular weight excluding hydrogens is 563 g/mol. The van der Waals surface area contributed by atoms with Gasteiger partial charge in [0.15, 0.2) is 0 Å². The lowest BCUT2D eigenvalue weighted by Crippen LogP contribution is -2.17. The van der Waals surface area contributed by atoms with Gasteiger partial charge in [-0.2, -0.15) is 0 Å². The molecule has 6 aromatic carbocycles. The number of anilines is 3. The number of rotatable bonds is 4. The molecule has 2 heteroatoms. The van der Waals surface area contributed by atoms with E-state index in [9.17, 15) is 0 Å². The Morgan fingerprint density at radius 2 is 1.22 bits per heavy atom. The van der Waals surface area contributed by atoms with Crippen molar-refractivity contribution in [3.05, 3.63) is 150 Å². The third kappa shape index (κ3) is 4.35. The molecule has 0 atom stereocenters. The third-order valence-corrected chi connectivity index (χ3v) is 10.8. The van der Waals surface area contributed by atoms with Crippen LogP contribution in [-0.2, 0) is 10.8 Å². The van der Waals surface area contributed by atoms with Crippen molar-refractivity contribution in [3.8, 4) is 22.3 Å². The molecule has 0 saturated heterocycles. The molecule has 1 aliphatic carbocycles. The Hall–Kier alpha value is -4.66. The molecule has 0 amide bonds. The first kappa shape index (κ1) is 27.9. The lowest BCUT2D eigenvalue weighted by atomic mass is 9.79. The van der Waals surface area contributed by atoms with Crippen LogP contribution < -0.4 is 4.90 Å². The van der Waals surface area contributed by atoms with Gasteiger partial charge in [-0.3, -0.25) is 0 Å². The number of para-hydroxylation sites is 2. The third-order valence-electron chi connectivity index (χ3n) is 9.64. The molecule has 0 unspecified atom stereocenters. The summed E-state index contributed by atoms with van der Waals surface area (Å²) in [5, 5.41) is 2.62. The number of nitrogens with zero attached hydrogens (tertiary/aromatic N) is 1. The first-order chi connectivity index (χ1) is 21.7. The monoisotopic (exact) mass is 599 g/mol. The van der Waals surface area contributed by atoms with Crippen molar-refractivity contribution >= 4 is 48.6 Å². The fraction of sp³-hybridized carbons (Fsp3) is 0.163. The maximum Gasteiger partial charge on any atom is 0.0640 e. The zero-order valence-electron chi connectivity index (χ0n) is 26.6. The molecule has 1 aliphatic rings. The molecule has 1 aromatic heterocycles. The summed E-state index contributed by atoms with van der Waals surface area (Å²) in [6.45, 7) is 11.7. The van der Waals surface area contributed by atoms with Gasteiger partial charge in [-0.1, -0.05) is 138 Å². The first-order valence-corrected chi connectivity index (χ1v) is 16.7. The predicted octanol–water partition coefficient (Wildman–Crippen LogP) is 12.8. The fourth-order valence-electron chi connectivity index (χ4n) is 7.27. The second-order valence-corrected chi connectivity index (χ2v) is 14.9. The van der Waals surface area contributed by atoms with Crippen LogP contribution in [-0.4, -0.2) is 0 Å². The van der Waals surface area contributed by atoms with E-state index >= 15 is 0 Å². The lowest BCUT2D eigenvalue weighted by molar-refractivity contribution is 0.584. The Morgan fingerprint density at radius 3 is 2.04 bits per heavy atom. The minimum Gasteiger partial charge on any atom is -0.308 e. The van der Waals surface area contributed by atoms with Crippen LogP contribution in [0, 0.1) is 0 Å². The average Bonchev–Trinajstić information content (AvgIpc) is 3.54. The minimum absolute atomic E-state index is 0.0847. The second-order valence-electron chi connectivity index (χ2n) is 13.8. The standard InChI is InChI=1S/C43H37NS/c1-42(2,3)28-25-26-34-36(27-28)43(4,5)35-21-13-19-32(40(34)35)30-17-9-11-22-37(30)44(29-15-7-6-8-16-29)38-23-14-20-33-31-18-10-12-24-39(31)45-41(33)38/h6-27H,1-5H3. The number of fused-ring (bicyclic) bond motifs is 6. The van der Waals surface area contributed by atoms with Crippen LogP contribution in [0.15, 0.2) is 133 Å². The van der Waals surface area contributed by atoms with E-state index in [2.05, 4.69) is 173 Å². The zero-order chi connectivity index (χ0) is 30.9. The van der Waals surface area contributed by atoms with Crippen molar-refractivity contribution in [1.82, 2.24) is 0 Å². The molecule has 0 aliphatic heterocycles. The van der Waals surface area contributed by atoms with Crippen LogP contribution in [0.3, 0.4) is 0 Å². The van der Waals surface area contributed by atoms with Gasteiger partial charge in [0.05, 0.1) is 16.1 Å². The molecule has 0 spiro atoms. The first-order valence-electron chi connectivity index (χ1n) is 15.9. The van der Waals surface area contributed by atoms with Gasteiger partial charge in [-0.05, 0) is 69.1 Å². The van der Waals surface area contributed by atoms with Gasteiger partial charge in [-0.25, -0.2) is 0 Å². The van der Waals surface area contributed by atoms with Gasteiger partial charge < -0.3 is 4.90 Å². The summed E-state index contributed by atoms with van der Waals surface area (Å²) in [6.07, 6.45) is 0. The highest BCUT2D eigenvalue weighted by atomic mass is 32.1. The normalized spacial score (nSPS) is 13.6. The van der Waals surface area contributed by atoms with E-state index in [1.54, 1.807) is 0 Å². The summed E-state index contributed by atoms with van der Waals surface area (Å²) >= 11 is 1.88. The Bertz CT molecular complexity index is 2230. The van der Waals surface area contributed by atoms with Gasteiger partial charge in [0.2, 0.25) is 0 Å². The molecule has 0 radical (unpaired) electrons. The number of hydrogen-bond donors (Lipinski definition) is 0. The van der Waals surface area contributed by atoms with Gasteiger partial charge in [-0.15, -0.1) is 11.3 Å².